The SMILES string of the molecule is CC(=O)O[C@H]1OC(c2ccc(Cl)c(Cc3ccc(Cl)s3)c2)[C@H](OC(C)=O)[C@@H](OC(C)=O)[C@@H]1OC(C)=O. The van der Waals surface area contributed by atoms with Crippen molar-refractivity contribution in [1.82, 2.24) is 0 Å². The van der Waals surface area contributed by atoms with E-state index in [0.717, 1.165) is 31.2 Å². The zero-order chi connectivity index (χ0) is 26.6. The van der Waals surface area contributed by atoms with Crippen molar-refractivity contribution in [2.24, 2.45) is 0 Å². The lowest BCUT2D eigenvalue weighted by Gasteiger charge is -2.44. The summed E-state index contributed by atoms with van der Waals surface area (Å²) in [6, 6.07) is 8.71. The molecule has 0 spiro atoms. The second-order valence-electron chi connectivity index (χ2n) is 7.99. The van der Waals surface area contributed by atoms with Crippen LogP contribution in [0.5, 0.6) is 0 Å². The lowest BCUT2D eigenvalue weighted by molar-refractivity contribution is -0.298. The Morgan fingerprint density at radius 3 is 1.94 bits per heavy atom. The summed E-state index contributed by atoms with van der Waals surface area (Å²) in [5.41, 5.74) is 1.23. The van der Waals surface area contributed by atoms with E-state index in [2.05, 4.69) is 0 Å². The Bertz CT molecular complexity index is 1150. The molecule has 2 heterocycles. The van der Waals surface area contributed by atoms with Gasteiger partial charge >= 0.3 is 23.9 Å². The van der Waals surface area contributed by atoms with Gasteiger partial charge < -0.3 is 23.7 Å². The molecule has 36 heavy (non-hydrogen) atoms. The van der Waals surface area contributed by atoms with Crippen molar-refractivity contribution in [2.45, 2.75) is 64.8 Å². The van der Waals surface area contributed by atoms with E-state index in [1.807, 2.05) is 6.07 Å². The molecule has 3 rings (SSSR count). The topological polar surface area (TPSA) is 114 Å². The monoisotopic (exact) mass is 558 g/mol. The summed E-state index contributed by atoms with van der Waals surface area (Å²) in [6.45, 7) is 4.60. The average Bonchev–Trinajstić information content (AvgIpc) is 3.17. The summed E-state index contributed by atoms with van der Waals surface area (Å²) in [7, 11) is 0. The van der Waals surface area contributed by atoms with E-state index in [-0.39, 0.29) is 0 Å². The fraction of sp³-hybridized carbons (Fsp3) is 0.417. The predicted octanol–water partition coefficient (Wildman–Crippen LogP) is 4.40. The molecular formula is C24H24Cl2O9S. The average molecular weight is 559 g/mol. The van der Waals surface area contributed by atoms with E-state index in [9.17, 15) is 19.2 Å². The molecular weight excluding hydrogens is 535 g/mol. The number of carbonyl (C=O) groups excluding carboxylic acids is 4. The fourth-order valence-corrected chi connectivity index (χ4v) is 5.14. The number of esters is 4. The highest BCUT2D eigenvalue weighted by molar-refractivity contribution is 7.16. The lowest BCUT2D eigenvalue weighted by Crippen LogP contribution is -2.59. The number of carbonyl (C=O) groups is 4. The van der Waals surface area contributed by atoms with Crippen LogP contribution in [0.15, 0.2) is 30.3 Å². The molecule has 0 bridgehead atoms. The molecule has 1 fully saturated rings. The Morgan fingerprint density at radius 1 is 0.806 bits per heavy atom. The minimum absolute atomic E-state index is 0.464. The van der Waals surface area contributed by atoms with Crippen molar-refractivity contribution in [2.75, 3.05) is 0 Å². The molecule has 1 aromatic carbocycles. The fourth-order valence-electron chi connectivity index (χ4n) is 3.84. The van der Waals surface area contributed by atoms with Gasteiger partial charge in [0, 0.05) is 44.0 Å². The first-order chi connectivity index (χ1) is 16.9. The number of ether oxygens (including phenoxy) is 5. The van der Waals surface area contributed by atoms with Crippen LogP contribution in [0, 0.1) is 0 Å². The van der Waals surface area contributed by atoms with Crippen LogP contribution >= 0.6 is 34.5 Å². The van der Waals surface area contributed by atoms with Gasteiger partial charge in [-0.25, -0.2) is 0 Å². The molecule has 0 amide bonds. The van der Waals surface area contributed by atoms with Crippen molar-refractivity contribution >= 4 is 58.4 Å². The number of benzene rings is 1. The highest BCUT2D eigenvalue weighted by Crippen LogP contribution is 2.39. The number of hydrogen-bond donors (Lipinski definition) is 0. The van der Waals surface area contributed by atoms with Gasteiger partial charge in [0.25, 0.3) is 0 Å². The Kier molecular flexibility index (Phi) is 9.35. The standard InChI is InChI=1S/C24H24Cl2O9S/c1-11(27)31-21-20(15-5-7-18(25)16(9-15)10-17-6-8-19(26)36-17)35-24(34-14(4)30)23(33-13(3)29)22(21)32-12(2)28/h5-9,20-24H,10H2,1-4H3/t20?,21-,22+,23-,24-/m0/s1. The minimum atomic E-state index is -1.46. The first-order valence-electron chi connectivity index (χ1n) is 10.8. The number of rotatable bonds is 7. The van der Waals surface area contributed by atoms with Crippen LogP contribution in [-0.4, -0.2) is 48.5 Å². The van der Waals surface area contributed by atoms with Crippen LogP contribution in [0.25, 0.3) is 0 Å². The van der Waals surface area contributed by atoms with Crippen LogP contribution in [0.1, 0.15) is 49.8 Å². The first-order valence-corrected chi connectivity index (χ1v) is 12.4. The van der Waals surface area contributed by atoms with Gasteiger partial charge in [-0.05, 0) is 29.3 Å². The lowest BCUT2D eigenvalue weighted by atomic mass is 9.91. The van der Waals surface area contributed by atoms with Crippen LogP contribution < -0.4 is 0 Å². The van der Waals surface area contributed by atoms with Gasteiger partial charge in [-0.15, -0.1) is 11.3 Å². The zero-order valence-electron chi connectivity index (χ0n) is 19.8. The molecule has 2 aromatic rings. The molecule has 9 nitrogen and oxygen atoms in total. The molecule has 1 aliphatic heterocycles. The molecule has 1 aliphatic rings. The van der Waals surface area contributed by atoms with Gasteiger partial charge in [-0.2, -0.15) is 0 Å². The van der Waals surface area contributed by atoms with Crippen molar-refractivity contribution in [3.05, 3.63) is 55.7 Å². The highest BCUT2D eigenvalue weighted by atomic mass is 35.5. The van der Waals surface area contributed by atoms with Crippen molar-refractivity contribution in [3.8, 4) is 0 Å². The second kappa shape index (κ2) is 12.1. The molecule has 5 atom stereocenters. The van der Waals surface area contributed by atoms with Crippen LogP contribution in [0.2, 0.25) is 9.36 Å². The first kappa shape index (κ1) is 27.9. The van der Waals surface area contributed by atoms with Gasteiger partial charge in [0.05, 0.1) is 4.34 Å². The molecule has 1 aromatic heterocycles. The Morgan fingerprint density at radius 2 is 1.39 bits per heavy atom. The quantitative estimate of drug-likeness (QED) is 0.360. The van der Waals surface area contributed by atoms with Gasteiger partial charge in [0.2, 0.25) is 12.4 Å². The summed E-state index contributed by atoms with van der Waals surface area (Å²) < 4.78 is 28.2. The molecule has 194 valence electrons. The summed E-state index contributed by atoms with van der Waals surface area (Å²) in [5, 5.41) is 0.481. The van der Waals surface area contributed by atoms with E-state index in [0.29, 0.717) is 21.3 Å². The molecule has 0 aliphatic carbocycles. The Labute approximate surface area is 221 Å². The van der Waals surface area contributed by atoms with Crippen LogP contribution in [-0.2, 0) is 49.3 Å². The molecule has 1 unspecified atom stereocenters. The Balaban J connectivity index is 2.07. The number of thiophene rings is 1. The molecule has 0 saturated carbocycles. The third-order valence-corrected chi connectivity index (χ3v) is 6.67. The maximum Gasteiger partial charge on any atom is 0.305 e. The molecule has 0 radical (unpaired) electrons. The summed E-state index contributed by atoms with van der Waals surface area (Å²) in [5.74, 6) is -2.90. The van der Waals surface area contributed by atoms with Gasteiger partial charge in [-0.3, -0.25) is 19.2 Å². The Hall–Kier alpha value is -2.66. The molecule has 0 N–H and O–H groups in total. The smallest absolute Gasteiger partial charge is 0.305 e. The third kappa shape index (κ3) is 7.19. The predicted molar refractivity (Wildman–Crippen MR) is 130 cm³/mol. The summed E-state index contributed by atoms with van der Waals surface area (Å²) >= 11 is 13.9. The van der Waals surface area contributed by atoms with Gasteiger partial charge in [0.15, 0.2) is 12.2 Å². The molecule has 12 heteroatoms. The maximum atomic E-state index is 12.0. The maximum absolute atomic E-state index is 12.0. The van der Waals surface area contributed by atoms with E-state index >= 15 is 0 Å². The van der Waals surface area contributed by atoms with E-state index in [4.69, 9.17) is 46.9 Å². The largest absolute Gasteiger partial charge is 0.455 e. The highest BCUT2D eigenvalue weighted by Gasteiger charge is 2.53. The van der Waals surface area contributed by atoms with Crippen molar-refractivity contribution < 1.29 is 42.9 Å². The summed E-state index contributed by atoms with van der Waals surface area (Å²) in [6.07, 6.45) is -6.04. The van der Waals surface area contributed by atoms with Crippen molar-refractivity contribution in [1.29, 1.82) is 0 Å². The van der Waals surface area contributed by atoms with E-state index < -0.39 is 54.6 Å². The van der Waals surface area contributed by atoms with Crippen molar-refractivity contribution in [3.63, 3.8) is 0 Å². The van der Waals surface area contributed by atoms with E-state index in [1.54, 1.807) is 24.3 Å². The molecule has 1 saturated heterocycles. The van der Waals surface area contributed by atoms with Crippen LogP contribution in [0.4, 0.5) is 0 Å². The van der Waals surface area contributed by atoms with Gasteiger partial charge in [-0.1, -0.05) is 35.3 Å². The minimum Gasteiger partial charge on any atom is -0.455 e. The zero-order valence-corrected chi connectivity index (χ0v) is 22.1. The van der Waals surface area contributed by atoms with Crippen LogP contribution in [0.3, 0.4) is 0 Å². The number of halogens is 2. The normalized spacial score (nSPS) is 23.4. The van der Waals surface area contributed by atoms with Gasteiger partial charge in [0.1, 0.15) is 6.10 Å². The second-order valence-corrected chi connectivity index (χ2v) is 10.2. The number of hydrogen-bond acceptors (Lipinski definition) is 10. The summed E-state index contributed by atoms with van der Waals surface area (Å²) in [4.78, 5) is 48.6. The van der Waals surface area contributed by atoms with E-state index in [1.165, 1.54) is 18.3 Å². The third-order valence-electron chi connectivity index (χ3n) is 5.08.